The fraction of sp³-hybridized carbons (Fsp3) is 0.381. The molecule has 0 bridgehead atoms. The molecule has 0 aliphatic rings. The topological polar surface area (TPSA) is 80.4 Å². The molecule has 0 saturated heterocycles. The van der Waals surface area contributed by atoms with Crippen molar-refractivity contribution in [3.8, 4) is 11.3 Å². The van der Waals surface area contributed by atoms with Crippen molar-refractivity contribution in [2.45, 2.75) is 39.7 Å². The summed E-state index contributed by atoms with van der Waals surface area (Å²) in [4.78, 5) is 28.5. The highest BCUT2D eigenvalue weighted by Crippen LogP contribution is 2.22. The van der Waals surface area contributed by atoms with Crippen molar-refractivity contribution in [3.63, 3.8) is 0 Å². The van der Waals surface area contributed by atoms with Gasteiger partial charge in [0.2, 0.25) is 11.7 Å². The molecular formula is C21H26ClN5O2. The first-order valence-electron chi connectivity index (χ1n) is 9.86. The monoisotopic (exact) mass is 415 g/mol. The van der Waals surface area contributed by atoms with Crippen molar-refractivity contribution in [3.05, 3.63) is 51.9 Å². The number of nitrogens with zero attached hydrogens (tertiary/aromatic N) is 3. The molecule has 2 aromatic heterocycles. The maximum atomic E-state index is 12.7. The van der Waals surface area contributed by atoms with Gasteiger partial charge < -0.3 is 10.6 Å². The van der Waals surface area contributed by atoms with E-state index in [-0.39, 0.29) is 11.5 Å². The molecule has 0 fully saturated rings. The van der Waals surface area contributed by atoms with Gasteiger partial charge in [-0.15, -0.1) is 0 Å². The number of rotatable bonds is 9. The van der Waals surface area contributed by atoms with Gasteiger partial charge >= 0.3 is 0 Å². The number of nitrogens with one attached hydrogen (secondary N) is 2. The molecule has 154 valence electrons. The molecule has 1 aromatic carbocycles. The fourth-order valence-electron chi connectivity index (χ4n) is 3.17. The second-order valence-electron chi connectivity index (χ2n) is 6.94. The van der Waals surface area contributed by atoms with E-state index < -0.39 is 0 Å². The second kappa shape index (κ2) is 9.60. The number of carbonyl (C=O) groups is 1. The van der Waals surface area contributed by atoms with Crippen molar-refractivity contribution >= 4 is 29.1 Å². The van der Waals surface area contributed by atoms with Gasteiger partial charge in [0, 0.05) is 49.4 Å². The Morgan fingerprint density at radius 2 is 1.93 bits per heavy atom. The molecule has 0 aliphatic heterocycles. The van der Waals surface area contributed by atoms with E-state index >= 15 is 0 Å². The minimum absolute atomic E-state index is 0.0801. The van der Waals surface area contributed by atoms with Crippen LogP contribution in [-0.4, -0.2) is 32.9 Å². The summed E-state index contributed by atoms with van der Waals surface area (Å²) in [5.74, 6) is 1.22. The lowest BCUT2D eigenvalue weighted by Gasteiger charge is -2.16. The van der Waals surface area contributed by atoms with Crippen LogP contribution in [0.2, 0.25) is 5.02 Å². The number of anilines is 1. The van der Waals surface area contributed by atoms with Crippen molar-refractivity contribution < 1.29 is 4.79 Å². The number of aryl methyl sites for hydroxylation is 1. The lowest BCUT2D eigenvalue weighted by molar-refractivity contribution is -0.118. The second-order valence-corrected chi connectivity index (χ2v) is 7.38. The fourth-order valence-corrected chi connectivity index (χ4v) is 3.30. The lowest BCUT2D eigenvalue weighted by Crippen LogP contribution is -2.28. The summed E-state index contributed by atoms with van der Waals surface area (Å²) in [7, 11) is 0. The molecule has 2 heterocycles. The zero-order valence-corrected chi connectivity index (χ0v) is 17.5. The Hall–Kier alpha value is -2.80. The number of carbonyl (C=O) groups excluding carboxylic acids is 1. The van der Waals surface area contributed by atoms with Crippen LogP contribution >= 0.6 is 11.6 Å². The minimum Gasteiger partial charge on any atom is -0.369 e. The summed E-state index contributed by atoms with van der Waals surface area (Å²) in [6.45, 7) is 5.39. The summed E-state index contributed by atoms with van der Waals surface area (Å²) in [6.07, 6.45) is 4.94. The first-order valence-corrected chi connectivity index (χ1v) is 10.2. The average Bonchev–Trinajstić information content (AvgIpc) is 3.14. The van der Waals surface area contributed by atoms with Crippen molar-refractivity contribution in [1.82, 2.24) is 19.3 Å². The normalized spacial score (nSPS) is 11.0. The summed E-state index contributed by atoms with van der Waals surface area (Å²) in [5.41, 5.74) is 1.47. The maximum Gasteiger partial charge on any atom is 0.261 e. The van der Waals surface area contributed by atoms with Crippen LogP contribution in [0, 0.1) is 0 Å². The van der Waals surface area contributed by atoms with Crippen LogP contribution in [0.15, 0.2) is 41.3 Å². The molecule has 0 saturated carbocycles. The number of aromatic nitrogens is 3. The van der Waals surface area contributed by atoms with E-state index in [4.69, 9.17) is 16.6 Å². The molecule has 0 spiro atoms. The average molecular weight is 416 g/mol. The largest absolute Gasteiger partial charge is 0.369 e. The molecule has 0 radical (unpaired) electrons. The Bertz CT molecular complexity index is 1040. The number of fused-ring (bicyclic) bond motifs is 1. The third-order valence-corrected chi connectivity index (χ3v) is 4.90. The van der Waals surface area contributed by atoms with E-state index in [1.807, 2.05) is 28.8 Å². The number of hydrogen-bond acceptors (Lipinski definition) is 4. The zero-order chi connectivity index (χ0) is 20.8. The standard InChI is InChI=1S/C21H26ClN5O2/c1-3-4-5-12-26-19(24-11-10-23-15(2)28)13-20(29)27-14-18(25-21(26)27)16-6-8-17(22)9-7-16/h6-9,13-14,24H,3-5,10-12H2,1-2H3,(H,23,28). The summed E-state index contributed by atoms with van der Waals surface area (Å²) in [5, 5.41) is 6.67. The Kier molecular flexibility index (Phi) is 6.93. The number of hydrogen-bond donors (Lipinski definition) is 2. The van der Waals surface area contributed by atoms with Gasteiger partial charge in [0.25, 0.3) is 5.56 Å². The van der Waals surface area contributed by atoms with Crippen molar-refractivity contribution in [1.29, 1.82) is 0 Å². The third-order valence-electron chi connectivity index (χ3n) is 4.65. The van der Waals surface area contributed by atoms with Gasteiger partial charge in [-0.2, -0.15) is 0 Å². The number of imidazole rings is 1. The van der Waals surface area contributed by atoms with Crippen LogP contribution in [0.1, 0.15) is 33.1 Å². The number of benzene rings is 1. The predicted molar refractivity (Wildman–Crippen MR) is 117 cm³/mol. The molecule has 8 heteroatoms. The molecule has 29 heavy (non-hydrogen) atoms. The van der Waals surface area contributed by atoms with Gasteiger partial charge in [0.1, 0.15) is 5.82 Å². The molecule has 1 amide bonds. The molecule has 0 aliphatic carbocycles. The highest BCUT2D eigenvalue weighted by Gasteiger charge is 2.13. The minimum atomic E-state index is -0.151. The van der Waals surface area contributed by atoms with E-state index in [0.717, 1.165) is 37.1 Å². The van der Waals surface area contributed by atoms with Crippen LogP contribution in [0.25, 0.3) is 17.0 Å². The van der Waals surface area contributed by atoms with E-state index in [2.05, 4.69) is 17.6 Å². The van der Waals surface area contributed by atoms with Crippen LogP contribution in [0.4, 0.5) is 5.82 Å². The maximum absolute atomic E-state index is 12.7. The molecule has 0 unspecified atom stereocenters. The molecule has 7 nitrogen and oxygen atoms in total. The van der Waals surface area contributed by atoms with E-state index in [1.165, 1.54) is 6.92 Å². The van der Waals surface area contributed by atoms with Gasteiger partial charge in [-0.3, -0.25) is 18.6 Å². The summed E-state index contributed by atoms with van der Waals surface area (Å²) >= 11 is 5.99. The molecular weight excluding hydrogens is 390 g/mol. The molecule has 3 aromatic rings. The van der Waals surface area contributed by atoms with Crippen LogP contribution < -0.4 is 16.2 Å². The molecule has 3 rings (SSSR count). The smallest absolute Gasteiger partial charge is 0.261 e. The Morgan fingerprint density at radius 3 is 2.62 bits per heavy atom. The van der Waals surface area contributed by atoms with Gasteiger partial charge in [-0.1, -0.05) is 43.5 Å². The predicted octanol–water partition coefficient (Wildman–Crippen LogP) is 3.55. The summed E-state index contributed by atoms with van der Waals surface area (Å²) < 4.78 is 3.61. The Balaban J connectivity index is 1.98. The van der Waals surface area contributed by atoms with Crippen molar-refractivity contribution in [2.24, 2.45) is 0 Å². The molecule has 0 atom stereocenters. The lowest BCUT2D eigenvalue weighted by atomic mass is 10.2. The van der Waals surface area contributed by atoms with Gasteiger partial charge in [-0.25, -0.2) is 4.98 Å². The van der Waals surface area contributed by atoms with Gasteiger partial charge in [-0.05, 0) is 18.6 Å². The zero-order valence-electron chi connectivity index (χ0n) is 16.7. The first kappa shape index (κ1) is 20.9. The quantitative estimate of drug-likeness (QED) is 0.524. The Morgan fingerprint density at radius 1 is 1.17 bits per heavy atom. The van der Waals surface area contributed by atoms with Gasteiger partial charge in [0.15, 0.2) is 0 Å². The van der Waals surface area contributed by atoms with Crippen LogP contribution in [0.5, 0.6) is 0 Å². The molecule has 2 N–H and O–H groups in total. The van der Waals surface area contributed by atoms with Crippen LogP contribution in [-0.2, 0) is 11.3 Å². The Labute approximate surface area is 174 Å². The van der Waals surface area contributed by atoms with Crippen molar-refractivity contribution in [2.75, 3.05) is 18.4 Å². The highest BCUT2D eigenvalue weighted by atomic mass is 35.5. The number of amides is 1. The number of unbranched alkanes of at least 4 members (excludes halogenated alkanes) is 2. The third kappa shape index (κ3) is 5.17. The van der Waals surface area contributed by atoms with E-state index in [9.17, 15) is 9.59 Å². The highest BCUT2D eigenvalue weighted by molar-refractivity contribution is 6.30. The van der Waals surface area contributed by atoms with E-state index in [1.54, 1.807) is 16.7 Å². The van der Waals surface area contributed by atoms with E-state index in [0.29, 0.717) is 29.7 Å². The SMILES string of the molecule is CCCCCn1c(NCCNC(C)=O)cc(=O)n2cc(-c3ccc(Cl)cc3)nc12. The number of halogens is 1. The summed E-state index contributed by atoms with van der Waals surface area (Å²) in [6, 6.07) is 8.98. The van der Waals surface area contributed by atoms with Crippen LogP contribution in [0.3, 0.4) is 0 Å². The first-order chi connectivity index (χ1) is 14.0. The van der Waals surface area contributed by atoms with Gasteiger partial charge in [0.05, 0.1) is 5.69 Å².